The van der Waals surface area contributed by atoms with Crippen LogP contribution in [0, 0.1) is 0 Å². The SMILES string of the molecule is CC(=O)O[C@@H](C(=O)OP)[C@@H](OC(C)=O)C(=O)O[C@@H](C)C(=O)O. The lowest BCUT2D eigenvalue weighted by Gasteiger charge is -2.23. The molecule has 0 heterocycles. The van der Waals surface area contributed by atoms with Gasteiger partial charge in [0.15, 0.2) is 6.10 Å². The number of aliphatic carboxylic acids is 1. The third-order valence-corrected chi connectivity index (χ3v) is 2.31. The first-order valence-corrected chi connectivity index (χ1v) is 6.25. The Morgan fingerprint density at radius 3 is 1.59 bits per heavy atom. The average Bonchev–Trinajstić information content (AvgIpc) is 2.40. The largest absolute Gasteiger partial charge is 0.479 e. The van der Waals surface area contributed by atoms with E-state index in [0.717, 1.165) is 20.8 Å². The van der Waals surface area contributed by atoms with Gasteiger partial charge in [0.25, 0.3) is 0 Å². The standard InChI is InChI=1S/C11H15O10P/c1-4(9(14)15)18-10(16)7(19-5(2)12)8(11(17)21-22)20-6(3)13/h4,7-8H,22H2,1-3H3,(H,14,15)/t4-,7+,8+/m0/s1. The first-order valence-electron chi connectivity index (χ1n) is 5.78. The minimum atomic E-state index is -2.00. The average molecular weight is 338 g/mol. The number of carbonyl (C=O) groups is 5. The number of esters is 3. The minimum absolute atomic E-state index is 0.928. The highest BCUT2D eigenvalue weighted by Crippen LogP contribution is 2.13. The summed E-state index contributed by atoms with van der Waals surface area (Å²) in [6.07, 6.45) is -5.51. The Bertz CT molecular complexity index is 473. The monoisotopic (exact) mass is 338 g/mol. The Hall–Kier alpha value is -2.22. The summed E-state index contributed by atoms with van der Waals surface area (Å²) in [5, 5.41) is 8.67. The van der Waals surface area contributed by atoms with Crippen LogP contribution in [0.25, 0.3) is 0 Å². The third kappa shape index (κ3) is 6.49. The molecule has 0 fully saturated rings. The van der Waals surface area contributed by atoms with Gasteiger partial charge in [-0.2, -0.15) is 0 Å². The van der Waals surface area contributed by atoms with E-state index in [4.69, 9.17) is 5.11 Å². The zero-order valence-electron chi connectivity index (χ0n) is 11.9. The molecule has 0 aliphatic heterocycles. The van der Waals surface area contributed by atoms with E-state index < -0.39 is 48.2 Å². The molecule has 4 atom stereocenters. The van der Waals surface area contributed by atoms with E-state index >= 15 is 0 Å². The molecule has 0 saturated heterocycles. The van der Waals surface area contributed by atoms with Crippen molar-refractivity contribution in [1.29, 1.82) is 0 Å². The molecule has 11 heteroatoms. The van der Waals surface area contributed by atoms with Crippen molar-refractivity contribution in [2.45, 2.75) is 39.1 Å². The summed E-state index contributed by atoms with van der Waals surface area (Å²) in [6.45, 7) is 2.91. The number of hydrogen-bond acceptors (Lipinski definition) is 9. The Morgan fingerprint density at radius 1 is 0.864 bits per heavy atom. The third-order valence-electron chi connectivity index (χ3n) is 2.08. The smallest absolute Gasteiger partial charge is 0.354 e. The predicted molar refractivity (Wildman–Crippen MR) is 70.1 cm³/mol. The van der Waals surface area contributed by atoms with Crippen LogP contribution >= 0.6 is 9.47 Å². The van der Waals surface area contributed by atoms with Gasteiger partial charge in [-0.05, 0) is 6.92 Å². The van der Waals surface area contributed by atoms with Crippen molar-refractivity contribution in [3.05, 3.63) is 0 Å². The summed E-state index contributed by atoms with van der Waals surface area (Å²) in [6, 6.07) is 0. The Balaban J connectivity index is 5.39. The molecule has 0 aliphatic carbocycles. The summed E-state index contributed by atoms with van der Waals surface area (Å²) in [5.74, 6) is -6.01. The van der Waals surface area contributed by atoms with E-state index in [1.165, 1.54) is 0 Å². The fourth-order valence-corrected chi connectivity index (χ4v) is 1.32. The molecule has 0 aromatic heterocycles. The molecule has 0 radical (unpaired) electrons. The molecule has 0 saturated carbocycles. The van der Waals surface area contributed by atoms with Crippen LogP contribution in [0.4, 0.5) is 0 Å². The molecule has 0 amide bonds. The fourth-order valence-electron chi connectivity index (χ4n) is 1.18. The highest BCUT2D eigenvalue weighted by Gasteiger charge is 2.42. The first-order chi connectivity index (χ1) is 10.1. The van der Waals surface area contributed by atoms with E-state index in [-0.39, 0.29) is 0 Å². The van der Waals surface area contributed by atoms with Gasteiger partial charge >= 0.3 is 29.8 Å². The number of rotatable bonds is 7. The van der Waals surface area contributed by atoms with Crippen LogP contribution in [-0.2, 0) is 42.7 Å². The van der Waals surface area contributed by atoms with Gasteiger partial charge in [-0.1, -0.05) is 0 Å². The molecule has 22 heavy (non-hydrogen) atoms. The first kappa shape index (κ1) is 19.8. The normalized spacial score (nSPS) is 14.0. The van der Waals surface area contributed by atoms with Crippen LogP contribution in [0.3, 0.4) is 0 Å². The number of ether oxygens (including phenoxy) is 3. The van der Waals surface area contributed by atoms with Crippen molar-refractivity contribution in [3.8, 4) is 0 Å². The van der Waals surface area contributed by atoms with Crippen LogP contribution < -0.4 is 0 Å². The van der Waals surface area contributed by atoms with Crippen LogP contribution in [-0.4, -0.2) is 53.3 Å². The number of carboxylic acids is 1. The number of carboxylic acid groups (broad SMARTS) is 1. The highest BCUT2D eigenvalue weighted by atomic mass is 31.0. The lowest BCUT2D eigenvalue weighted by Crippen LogP contribution is -2.47. The summed E-state index contributed by atoms with van der Waals surface area (Å²) < 4.78 is 17.9. The molecule has 10 nitrogen and oxygen atoms in total. The van der Waals surface area contributed by atoms with Crippen molar-refractivity contribution < 1.29 is 47.8 Å². The van der Waals surface area contributed by atoms with Crippen molar-refractivity contribution in [2.24, 2.45) is 0 Å². The maximum atomic E-state index is 11.9. The van der Waals surface area contributed by atoms with Crippen LogP contribution in [0.15, 0.2) is 0 Å². The van der Waals surface area contributed by atoms with Crippen molar-refractivity contribution in [2.75, 3.05) is 0 Å². The zero-order chi connectivity index (χ0) is 17.4. The molecule has 0 spiro atoms. The van der Waals surface area contributed by atoms with E-state index in [1.54, 1.807) is 9.47 Å². The maximum Gasteiger partial charge on any atom is 0.354 e. The molecule has 0 bridgehead atoms. The second kappa shape index (κ2) is 8.93. The van der Waals surface area contributed by atoms with Crippen molar-refractivity contribution >= 4 is 39.3 Å². The van der Waals surface area contributed by atoms with Gasteiger partial charge in [-0.25, -0.2) is 14.4 Å². The lowest BCUT2D eigenvalue weighted by molar-refractivity contribution is -0.190. The van der Waals surface area contributed by atoms with Gasteiger partial charge in [0.05, 0.1) is 9.47 Å². The topological polar surface area (TPSA) is 142 Å². The molecule has 1 unspecified atom stereocenters. The van der Waals surface area contributed by atoms with Crippen LogP contribution in [0.1, 0.15) is 20.8 Å². The molecule has 0 aromatic rings. The quantitative estimate of drug-likeness (QED) is 0.356. The predicted octanol–water partition coefficient (Wildman–Crippen LogP) is -0.801. The summed E-state index contributed by atoms with van der Waals surface area (Å²) >= 11 is 0. The van der Waals surface area contributed by atoms with Gasteiger partial charge in [0.1, 0.15) is 0 Å². The summed E-state index contributed by atoms with van der Waals surface area (Å²) in [5.41, 5.74) is 0. The minimum Gasteiger partial charge on any atom is -0.479 e. The van der Waals surface area contributed by atoms with E-state index in [9.17, 15) is 24.0 Å². The molecule has 124 valence electrons. The fraction of sp³-hybridized carbons (Fsp3) is 0.545. The zero-order valence-corrected chi connectivity index (χ0v) is 13.1. The molecule has 1 N–H and O–H groups in total. The van der Waals surface area contributed by atoms with E-state index in [0.29, 0.717) is 0 Å². The Morgan fingerprint density at radius 2 is 1.27 bits per heavy atom. The van der Waals surface area contributed by atoms with Crippen LogP contribution in [0.2, 0.25) is 0 Å². The van der Waals surface area contributed by atoms with Gasteiger partial charge in [-0.15, -0.1) is 0 Å². The summed E-state index contributed by atoms with van der Waals surface area (Å²) in [4.78, 5) is 56.1. The highest BCUT2D eigenvalue weighted by molar-refractivity contribution is 7.10. The summed E-state index contributed by atoms with van der Waals surface area (Å²) in [7, 11) is 1.57. The molecular formula is C11H15O10P. The number of carbonyl (C=O) groups excluding carboxylic acids is 4. The Labute approximate surface area is 127 Å². The van der Waals surface area contributed by atoms with Crippen LogP contribution in [0.5, 0.6) is 0 Å². The van der Waals surface area contributed by atoms with Gasteiger partial charge < -0.3 is 23.8 Å². The van der Waals surface area contributed by atoms with Gasteiger partial charge in [0, 0.05) is 13.8 Å². The lowest BCUT2D eigenvalue weighted by atomic mass is 10.2. The Kier molecular flexibility index (Phi) is 8.03. The van der Waals surface area contributed by atoms with E-state index in [1.807, 2.05) is 0 Å². The molecular weight excluding hydrogens is 323 g/mol. The number of hydrogen-bond donors (Lipinski definition) is 1. The molecule has 0 aromatic carbocycles. The van der Waals surface area contributed by atoms with Crippen molar-refractivity contribution in [1.82, 2.24) is 0 Å². The second-order valence-corrected chi connectivity index (χ2v) is 4.15. The van der Waals surface area contributed by atoms with Crippen molar-refractivity contribution in [3.63, 3.8) is 0 Å². The van der Waals surface area contributed by atoms with Gasteiger partial charge in [0.2, 0.25) is 12.2 Å². The van der Waals surface area contributed by atoms with E-state index in [2.05, 4.69) is 18.7 Å². The second-order valence-electron chi connectivity index (χ2n) is 3.91. The maximum absolute atomic E-state index is 11.9. The van der Waals surface area contributed by atoms with Gasteiger partial charge in [-0.3, -0.25) is 9.59 Å². The molecule has 0 aliphatic rings. The molecule has 0 rings (SSSR count).